The summed E-state index contributed by atoms with van der Waals surface area (Å²) >= 11 is 7.51. The Balaban J connectivity index is 1.84. The highest BCUT2D eigenvalue weighted by molar-refractivity contribution is 8.18. The third kappa shape index (κ3) is 4.32. The molecule has 25 heavy (non-hydrogen) atoms. The molecule has 4 nitrogen and oxygen atoms in total. The Morgan fingerprint density at radius 1 is 1.20 bits per heavy atom. The predicted molar refractivity (Wildman–Crippen MR) is 104 cm³/mol. The number of likely N-dealkylation sites (N-methyl/N-ethyl adjacent to an activating group) is 1. The number of thioether (sulfide) groups is 1. The van der Waals surface area contributed by atoms with E-state index < -0.39 is 0 Å². The van der Waals surface area contributed by atoms with Crippen LogP contribution in [0.2, 0.25) is 0 Å². The van der Waals surface area contributed by atoms with E-state index >= 15 is 0 Å². The van der Waals surface area contributed by atoms with Gasteiger partial charge in [-0.3, -0.25) is 9.69 Å². The minimum Gasteiger partial charge on any atom is -0.508 e. The topological polar surface area (TPSA) is 52.9 Å². The third-order valence-electron chi connectivity index (χ3n) is 3.43. The van der Waals surface area contributed by atoms with E-state index in [1.54, 1.807) is 37.4 Å². The Labute approximate surface area is 155 Å². The van der Waals surface area contributed by atoms with Crippen molar-refractivity contribution in [2.75, 3.05) is 7.05 Å². The molecule has 0 radical (unpaired) electrons. The highest BCUT2D eigenvalue weighted by atomic mass is 35.5. The van der Waals surface area contributed by atoms with E-state index in [1.165, 1.54) is 22.7 Å². The molecule has 1 aliphatic rings. The van der Waals surface area contributed by atoms with Gasteiger partial charge in [0.1, 0.15) is 5.75 Å². The summed E-state index contributed by atoms with van der Waals surface area (Å²) in [6.45, 7) is 0. The van der Waals surface area contributed by atoms with Crippen LogP contribution in [-0.2, 0) is 4.79 Å². The molecule has 126 valence electrons. The number of nitrogens with zero attached hydrogens (tertiary/aromatic N) is 2. The normalized spacial score (nSPS) is 18.4. The van der Waals surface area contributed by atoms with Crippen LogP contribution in [0, 0.1) is 0 Å². The zero-order valence-electron chi connectivity index (χ0n) is 13.4. The summed E-state index contributed by atoms with van der Waals surface area (Å²) in [7, 11) is 1.66. The number of aromatic hydroxyl groups is 1. The minimum absolute atomic E-state index is 0.128. The Morgan fingerprint density at radius 2 is 1.96 bits per heavy atom. The third-order valence-corrected chi connectivity index (χ3v) is 4.71. The fourth-order valence-corrected chi connectivity index (χ4v) is 3.48. The second-order valence-electron chi connectivity index (χ2n) is 5.33. The largest absolute Gasteiger partial charge is 0.508 e. The molecule has 0 atom stereocenters. The van der Waals surface area contributed by atoms with Crippen molar-refractivity contribution in [2.24, 2.45) is 4.99 Å². The van der Waals surface area contributed by atoms with Gasteiger partial charge in [0.05, 0.1) is 10.6 Å². The molecule has 1 fully saturated rings. The molecule has 1 saturated heterocycles. The predicted octanol–water partition coefficient (Wildman–Crippen LogP) is 4.75. The van der Waals surface area contributed by atoms with E-state index in [9.17, 15) is 9.90 Å². The summed E-state index contributed by atoms with van der Waals surface area (Å²) in [5.74, 6) is -0.0352. The van der Waals surface area contributed by atoms with Gasteiger partial charge < -0.3 is 5.11 Å². The van der Waals surface area contributed by atoms with E-state index in [0.717, 1.165) is 5.56 Å². The number of hydrogen-bond donors (Lipinski definition) is 1. The van der Waals surface area contributed by atoms with Crippen molar-refractivity contribution < 1.29 is 9.90 Å². The van der Waals surface area contributed by atoms with Gasteiger partial charge in [0.2, 0.25) is 0 Å². The summed E-state index contributed by atoms with van der Waals surface area (Å²) < 4.78 is 0. The van der Waals surface area contributed by atoms with Gasteiger partial charge in [-0.1, -0.05) is 48.0 Å². The number of carbonyl (C=O) groups excluding carboxylic acids is 1. The maximum atomic E-state index is 12.4. The molecular formula is C19H15ClN2O2S. The van der Waals surface area contributed by atoms with Crippen LogP contribution in [-0.4, -0.2) is 28.1 Å². The van der Waals surface area contributed by atoms with Crippen LogP contribution in [0.5, 0.6) is 5.75 Å². The summed E-state index contributed by atoms with van der Waals surface area (Å²) in [6.07, 6.45) is 3.44. The molecule has 0 bridgehead atoms. The number of benzene rings is 2. The van der Waals surface area contributed by atoms with E-state index in [2.05, 4.69) is 4.99 Å². The fourth-order valence-electron chi connectivity index (χ4n) is 2.20. The van der Waals surface area contributed by atoms with E-state index in [0.29, 0.717) is 20.8 Å². The van der Waals surface area contributed by atoms with Crippen molar-refractivity contribution in [3.8, 4) is 5.75 Å². The lowest BCUT2D eigenvalue weighted by molar-refractivity contribution is -0.121. The van der Waals surface area contributed by atoms with Crippen LogP contribution in [0.25, 0.3) is 6.08 Å². The van der Waals surface area contributed by atoms with Crippen molar-refractivity contribution in [1.82, 2.24) is 4.90 Å². The molecule has 0 aromatic heterocycles. The number of phenols is 1. The maximum Gasteiger partial charge on any atom is 0.266 e. The number of hydrogen-bond acceptors (Lipinski definition) is 4. The lowest BCUT2D eigenvalue weighted by atomic mass is 10.2. The summed E-state index contributed by atoms with van der Waals surface area (Å²) in [6, 6.07) is 16.2. The number of amides is 1. The van der Waals surface area contributed by atoms with Gasteiger partial charge in [0.25, 0.3) is 5.91 Å². The monoisotopic (exact) mass is 370 g/mol. The molecule has 1 heterocycles. The second kappa shape index (κ2) is 7.59. The number of rotatable bonds is 3. The average Bonchev–Trinajstić information content (AvgIpc) is 2.84. The minimum atomic E-state index is -0.163. The quantitative estimate of drug-likeness (QED) is 0.793. The van der Waals surface area contributed by atoms with Gasteiger partial charge in [-0.15, -0.1) is 0 Å². The number of allylic oxidation sites excluding steroid dienone is 2. The molecule has 2 aromatic rings. The molecule has 0 saturated carbocycles. The zero-order chi connectivity index (χ0) is 17.8. The van der Waals surface area contributed by atoms with E-state index in [4.69, 9.17) is 11.6 Å². The van der Waals surface area contributed by atoms with Crippen molar-refractivity contribution in [2.45, 2.75) is 0 Å². The number of aliphatic imine (C=N–C) groups is 1. The van der Waals surface area contributed by atoms with Crippen LogP contribution in [0.1, 0.15) is 5.56 Å². The van der Waals surface area contributed by atoms with Crippen LogP contribution in [0.4, 0.5) is 5.69 Å². The molecule has 2 aromatic carbocycles. The van der Waals surface area contributed by atoms with Gasteiger partial charge in [0.15, 0.2) is 5.17 Å². The molecule has 1 N–H and O–H groups in total. The molecule has 0 spiro atoms. The lowest BCUT2D eigenvalue weighted by Crippen LogP contribution is -2.23. The van der Waals surface area contributed by atoms with Crippen molar-refractivity contribution in [3.63, 3.8) is 0 Å². The standard InChI is InChI=1S/C19H15ClN2O2S/c1-22-18(24)17(11-14(20)10-13-6-3-2-4-7-13)25-19(22)21-15-8-5-9-16(23)12-15/h2-12,23H,1H3/b14-10-,17-11-,21-19?. The van der Waals surface area contributed by atoms with Crippen LogP contribution >= 0.6 is 23.4 Å². The van der Waals surface area contributed by atoms with E-state index in [-0.39, 0.29) is 11.7 Å². The smallest absolute Gasteiger partial charge is 0.266 e. The van der Waals surface area contributed by atoms with Gasteiger partial charge in [-0.25, -0.2) is 4.99 Å². The van der Waals surface area contributed by atoms with Gasteiger partial charge in [-0.05, 0) is 41.6 Å². The summed E-state index contributed by atoms with van der Waals surface area (Å²) in [5.41, 5.74) is 1.54. The number of carbonyl (C=O) groups is 1. The first-order chi connectivity index (χ1) is 12.0. The van der Waals surface area contributed by atoms with Gasteiger partial charge in [0, 0.05) is 18.1 Å². The van der Waals surface area contributed by atoms with Crippen molar-refractivity contribution >= 4 is 46.2 Å². The molecule has 0 aliphatic carbocycles. The number of amidine groups is 1. The van der Waals surface area contributed by atoms with Crippen LogP contribution < -0.4 is 0 Å². The molecule has 1 amide bonds. The summed E-state index contributed by atoms with van der Waals surface area (Å²) in [4.78, 5) is 18.8. The highest BCUT2D eigenvalue weighted by Crippen LogP contribution is 2.33. The second-order valence-corrected chi connectivity index (χ2v) is 6.77. The average molecular weight is 371 g/mol. The zero-order valence-corrected chi connectivity index (χ0v) is 15.0. The van der Waals surface area contributed by atoms with Gasteiger partial charge >= 0.3 is 0 Å². The maximum absolute atomic E-state index is 12.4. The Hall–Kier alpha value is -2.50. The van der Waals surface area contributed by atoms with Crippen LogP contribution in [0.3, 0.4) is 0 Å². The first-order valence-corrected chi connectivity index (χ1v) is 8.70. The van der Waals surface area contributed by atoms with E-state index in [1.807, 2.05) is 30.3 Å². The van der Waals surface area contributed by atoms with Gasteiger partial charge in [-0.2, -0.15) is 0 Å². The summed E-state index contributed by atoms with van der Waals surface area (Å²) in [5, 5.41) is 10.5. The first-order valence-electron chi connectivity index (χ1n) is 7.50. The molecule has 3 rings (SSSR count). The molecular weight excluding hydrogens is 356 g/mol. The van der Waals surface area contributed by atoms with Crippen molar-refractivity contribution in [3.05, 3.63) is 76.2 Å². The van der Waals surface area contributed by atoms with Crippen LogP contribution in [0.15, 0.2) is 75.6 Å². The number of halogens is 1. The molecule has 6 heteroatoms. The Kier molecular flexibility index (Phi) is 5.26. The Bertz CT molecular complexity index is 891. The Morgan fingerprint density at radius 3 is 2.68 bits per heavy atom. The van der Waals surface area contributed by atoms with Crippen molar-refractivity contribution in [1.29, 1.82) is 0 Å². The fraction of sp³-hybridized carbons (Fsp3) is 0.0526. The lowest BCUT2D eigenvalue weighted by Gasteiger charge is -2.07. The number of phenolic OH excluding ortho intramolecular Hbond substituents is 1. The first kappa shape index (κ1) is 17.3. The molecule has 1 aliphatic heterocycles. The SMILES string of the molecule is CN1C(=O)/C(=C/C(Cl)=C/c2ccccc2)SC1=Nc1cccc(O)c1. The highest BCUT2D eigenvalue weighted by Gasteiger charge is 2.30. The molecule has 0 unspecified atom stereocenters.